The van der Waals surface area contributed by atoms with Crippen molar-refractivity contribution in [2.75, 3.05) is 26.7 Å². The van der Waals surface area contributed by atoms with Gasteiger partial charge in [0.05, 0.1) is 13.0 Å². The molecule has 0 amide bonds. The number of benzene rings is 1. The van der Waals surface area contributed by atoms with Crippen LogP contribution in [-0.2, 0) is 16.0 Å². The summed E-state index contributed by atoms with van der Waals surface area (Å²) in [4.78, 5) is 14.1. The molecule has 1 aromatic carbocycles. The van der Waals surface area contributed by atoms with Crippen molar-refractivity contribution in [2.24, 2.45) is 5.92 Å². The molecule has 0 spiro atoms. The quantitative estimate of drug-likeness (QED) is 0.590. The van der Waals surface area contributed by atoms with Gasteiger partial charge in [-0.15, -0.1) is 0 Å². The smallest absolute Gasteiger partial charge is 0.310 e. The Labute approximate surface area is 121 Å². The van der Waals surface area contributed by atoms with E-state index in [0.29, 0.717) is 13.0 Å². The van der Waals surface area contributed by atoms with Crippen molar-refractivity contribution in [1.29, 1.82) is 0 Å². The summed E-state index contributed by atoms with van der Waals surface area (Å²) in [7, 11) is 2.18. The Kier molecular flexibility index (Phi) is 6.06. The Balaban J connectivity index is 1.56. The normalized spacial score (nSPS) is 17.1. The van der Waals surface area contributed by atoms with Crippen LogP contribution in [0.2, 0.25) is 0 Å². The van der Waals surface area contributed by atoms with E-state index in [1.54, 1.807) is 0 Å². The van der Waals surface area contributed by atoms with Gasteiger partial charge in [0.25, 0.3) is 0 Å². The SMILES string of the molecule is CN1CCC(CCCOC(=O)Cc2ccccc2)CC1. The highest BCUT2D eigenvalue weighted by Crippen LogP contribution is 2.20. The van der Waals surface area contributed by atoms with Crippen molar-refractivity contribution in [3.63, 3.8) is 0 Å². The van der Waals surface area contributed by atoms with Crippen LogP contribution in [0.3, 0.4) is 0 Å². The first-order valence-electron chi connectivity index (χ1n) is 7.62. The van der Waals surface area contributed by atoms with Crippen LogP contribution < -0.4 is 0 Å². The van der Waals surface area contributed by atoms with Crippen LogP contribution in [0.15, 0.2) is 30.3 Å². The summed E-state index contributed by atoms with van der Waals surface area (Å²) in [6, 6.07) is 9.77. The van der Waals surface area contributed by atoms with E-state index in [0.717, 1.165) is 17.9 Å². The third kappa shape index (κ3) is 5.33. The van der Waals surface area contributed by atoms with Gasteiger partial charge < -0.3 is 9.64 Å². The number of carbonyl (C=O) groups excluding carboxylic acids is 1. The standard InChI is InChI=1S/C17H25NO2/c1-18-11-9-15(10-12-18)8-5-13-20-17(19)14-16-6-3-2-4-7-16/h2-4,6-7,15H,5,8-14H2,1H3. The van der Waals surface area contributed by atoms with Crippen molar-refractivity contribution in [1.82, 2.24) is 4.90 Å². The zero-order valence-corrected chi connectivity index (χ0v) is 12.4. The van der Waals surface area contributed by atoms with Gasteiger partial charge in [-0.3, -0.25) is 4.79 Å². The summed E-state index contributed by atoms with van der Waals surface area (Å²) in [6.45, 7) is 2.98. The fraction of sp³-hybridized carbons (Fsp3) is 0.588. The Hall–Kier alpha value is -1.35. The van der Waals surface area contributed by atoms with Crippen LogP contribution >= 0.6 is 0 Å². The second-order valence-corrected chi connectivity index (χ2v) is 5.77. The number of nitrogens with zero attached hydrogens (tertiary/aromatic N) is 1. The molecule has 0 atom stereocenters. The van der Waals surface area contributed by atoms with Crippen molar-refractivity contribution in [3.05, 3.63) is 35.9 Å². The second-order valence-electron chi connectivity index (χ2n) is 5.77. The van der Waals surface area contributed by atoms with Gasteiger partial charge in [0.2, 0.25) is 0 Å². The first-order chi connectivity index (χ1) is 9.74. The van der Waals surface area contributed by atoms with Crippen LogP contribution in [0, 0.1) is 5.92 Å². The van der Waals surface area contributed by atoms with E-state index in [9.17, 15) is 4.79 Å². The maximum atomic E-state index is 11.7. The first-order valence-corrected chi connectivity index (χ1v) is 7.62. The lowest BCUT2D eigenvalue weighted by Crippen LogP contribution is -2.30. The Bertz CT molecular complexity index is 397. The van der Waals surface area contributed by atoms with Crippen molar-refractivity contribution in [3.8, 4) is 0 Å². The molecule has 1 heterocycles. The maximum Gasteiger partial charge on any atom is 0.310 e. The van der Waals surface area contributed by atoms with Crippen molar-refractivity contribution >= 4 is 5.97 Å². The van der Waals surface area contributed by atoms with Crippen molar-refractivity contribution in [2.45, 2.75) is 32.1 Å². The zero-order valence-electron chi connectivity index (χ0n) is 12.4. The average Bonchev–Trinajstić information content (AvgIpc) is 2.46. The topological polar surface area (TPSA) is 29.5 Å². The number of esters is 1. The zero-order chi connectivity index (χ0) is 14.2. The summed E-state index contributed by atoms with van der Waals surface area (Å²) in [5.41, 5.74) is 1.02. The molecule has 0 radical (unpaired) electrons. The number of piperidine rings is 1. The fourth-order valence-electron chi connectivity index (χ4n) is 2.72. The molecule has 1 aliphatic rings. The highest BCUT2D eigenvalue weighted by Gasteiger charge is 2.16. The third-order valence-corrected chi connectivity index (χ3v) is 4.05. The maximum absolute atomic E-state index is 11.7. The lowest BCUT2D eigenvalue weighted by molar-refractivity contribution is -0.143. The monoisotopic (exact) mass is 275 g/mol. The molecule has 0 bridgehead atoms. The van der Waals surface area contributed by atoms with E-state index in [1.165, 1.54) is 32.4 Å². The minimum atomic E-state index is -0.112. The van der Waals surface area contributed by atoms with Gasteiger partial charge in [-0.1, -0.05) is 30.3 Å². The van der Waals surface area contributed by atoms with Gasteiger partial charge in [-0.25, -0.2) is 0 Å². The highest BCUT2D eigenvalue weighted by molar-refractivity contribution is 5.72. The largest absolute Gasteiger partial charge is 0.465 e. The first kappa shape index (κ1) is 15.0. The molecule has 0 aromatic heterocycles. The van der Waals surface area contributed by atoms with Gasteiger partial charge in [-0.2, -0.15) is 0 Å². The van der Waals surface area contributed by atoms with Gasteiger partial charge >= 0.3 is 5.97 Å². The summed E-state index contributed by atoms with van der Waals surface area (Å²) >= 11 is 0. The number of hydrogen-bond donors (Lipinski definition) is 0. The molecule has 0 saturated carbocycles. The van der Waals surface area contributed by atoms with Crippen LogP contribution in [-0.4, -0.2) is 37.6 Å². The number of carbonyl (C=O) groups is 1. The lowest BCUT2D eigenvalue weighted by Gasteiger charge is -2.28. The lowest BCUT2D eigenvalue weighted by atomic mass is 9.93. The Morgan fingerprint density at radius 1 is 1.25 bits per heavy atom. The molecule has 20 heavy (non-hydrogen) atoms. The molecule has 110 valence electrons. The molecular weight excluding hydrogens is 250 g/mol. The summed E-state index contributed by atoms with van der Waals surface area (Å²) in [6.07, 6.45) is 5.14. The molecule has 1 saturated heterocycles. The summed E-state index contributed by atoms with van der Waals surface area (Å²) < 4.78 is 5.31. The average molecular weight is 275 g/mol. The van der Waals surface area contributed by atoms with Crippen molar-refractivity contribution < 1.29 is 9.53 Å². The predicted molar refractivity (Wildman–Crippen MR) is 80.6 cm³/mol. The van der Waals surface area contributed by atoms with E-state index in [2.05, 4.69) is 11.9 Å². The molecule has 1 aromatic rings. The minimum absolute atomic E-state index is 0.112. The van der Waals surface area contributed by atoms with Crippen LogP contribution in [0.1, 0.15) is 31.2 Å². The fourth-order valence-corrected chi connectivity index (χ4v) is 2.72. The van der Waals surface area contributed by atoms with Gasteiger partial charge in [0.1, 0.15) is 0 Å². The third-order valence-electron chi connectivity index (χ3n) is 4.05. The number of ether oxygens (including phenoxy) is 1. The number of hydrogen-bond acceptors (Lipinski definition) is 3. The summed E-state index contributed by atoms with van der Waals surface area (Å²) in [5, 5.41) is 0. The molecule has 1 aliphatic heterocycles. The van der Waals surface area contributed by atoms with E-state index in [-0.39, 0.29) is 5.97 Å². The van der Waals surface area contributed by atoms with E-state index >= 15 is 0 Å². The van der Waals surface area contributed by atoms with Gasteiger partial charge in [0, 0.05) is 0 Å². The molecule has 1 fully saturated rings. The van der Waals surface area contributed by atoms with E-state index in [1.807, 2.05) is 30.3 Å². The Morgan fingerprint density at radius 3 is 2.65 bits per heavy atom. The van der Waals surface area contributed by atoms with E-state index in [4.69, 9.17) is 4.74 Å². The van der Waals surface area contributed by atoms with Gasteiger partial charge in [-0.05, 0) is 57.3 Å². The number of likely N-dealkylation sites (tertiary alicyclic amines) is 1. The predicted octanol–water partition coefficient (Wildman–Crippen LogP) is 2.89. The van der Waals surface area contributed by atoms with Crippen LogP contribution in [0.4, 0.5) is 0 Å². The molecular formula is C17H25NO2. The highest BCUT2D eigenvalue weighted by atomic mass is 16.5. The number of rotatable bonds is 6. The molecule has 0 unspecified atom stereocenters. The summed E-state index contributed by atoms with van der Waals surface area (Å²) in [5.74, 6) is 0.707. The minimum Gasteiger partial charge on any atom is -0.465 e. The molecule has 3 heteroatoms. The second kappa shape index (κ2) is 8.05. The van der Waals surface area contributed by atoms with Gasteiger partial charge in [0.15, 0.2) is 0 Å². The van der Waals surface area contributed by atoms with Crippen LogP contribution in [0.25, 0.3) is 0 Å². The molecule has 3 nitrogen and oxygen atoms in total. The molecule has 0 aliphatic carbocycles. The van der Waals surface area contributed by atoms with E-state index < -0.39 is 0 Å². The molecule has 0 N–H and O–H groups in total. The Morgan fingerprint density at radius 2 is 1.95 bits per heavy atom. The van der Waals surface area contributed by atoms with Crippen LogP contribution in [0.5, 0.6) is 0 Å². The molecule has 2 rings (SSSR count).